The van der Waals surface area contributed by atoms with Crippen LogP contribution in [-0.2, 0) is 0 Å². The number of nitrogens with one attached hydrogen (secondary N) is 1. The van der Waals surface area contributed by atoms with Gasteiger partial charge in [-0.1, -0.05) is 18.2 Å². The molecule has 0 saturated heterocycles. The molecule has 0 fully saturated rings. The summed E-state index contributed by atoms with van der Waals surface area (Å²) in [6.45, 7) is 2.03. The molecule has 4 aromatic rings. The molecule has 5 nitrogen and oxygen atoms in total. The van der Waals surface area contributed by atoms with Gasteiger partial charge in [-0.2, -0.15) is 0 Å². The molecule has 0 bridgehead atoms. The fourth-order valence-electron chi connectivity index (χ4n) is 2.94. The number of pyridine rings is 2. The van der Waals surface area contributed by atoms with Crippen molar-refractivity contribution in [2.45, 2.75) is 6.92 Å². The number of hydrogen-bond acceptors (Lipinski definition) is 4. The van der Waals surface area contributed by atoms with Gasteiger partial charge in [0.25, 0.3) is 0 Å². The van der Waals surface area contributed by atoms with Gasteiger partial charge in [0, 0.05) is 28.9 Å². The van der Waals surface area contributed by atoms with Gasteiger partial charge in [0.05, 0.1) is 11.1 Å². The third-order valence-corrected chi connectivity index (χ3v) is 4.12. The van der Waals surface area contributed by atoms with Crippen LogP contribution in [0.1, 0.15) is 15.9 Å². The molecule has 2 heterocycles. The molecule has 4 rings (SSSR count). The number of aryl methyl sites for hydroxylation is 1. The number of aromatic carboxylic acids is 1. The number of rotatable bonds is 3. The smallest absolute Gasteiger partial charge is 0.335 e. The number of anilines is 2. The quantitative estimate of drug-likeness (QED) is 0.540. The SMILES string of the molecule is Cc1cccc(Nc2nc3cc(C(=O)O)ccc3c3ccncc23)c1. The molecule has 0 amide bonds. The van der Waals surface area contributed by atoms with E-state index in [9.17, 15) is 9.90 Å². The average molecular weight is 329 g/mol. The maximum Gasteiger partial charge on any atom is 0.335 e. The molecule has 0 saturated carbocycles. The van der Waals surface area contributed by atoms with Crippen molar-refractivity contribution in [2.75, 3.05) is 5.32 Å². The largest absolute Gasteiger partial charge is 0.478 e. The van der Waals surface area contributed by atoms with Gasteiger partial charge in [-0.15, -0.1) is 0 Å². The fourth-order valence-corrected chi connectivity index (χ4v) is 2.94. The number of aromatic nitrogens is 2. The highest BCUT2D eigenvalue weighted by molar-refractivity contribution is 6.11. The summed E-state index contributed by atoms with van der Waals surface area (Å²) in [6, 6.07) is 14.9. The predicted molar refractivity (Wildman–Crippen MR) is 98.5 cm³/mol. The number of carboxylic acids is 1. The lowest BCUT2D eigenvalue weighted by molar-refractivity contribution is 0.0697. The Morgan fingerprint density at radius 1 is 1.04 bits per heavy atom. The monoisotopic (exact) mass is 329 g/mol. The van der Waals surface area contributed by atoms with Crippen molar-refractivity contribution in [3.8, 4) is 0 Å². The summed E-state index contributed by atoms with van der Waals surface area (Å²) in [4.78, 5) is 20.1. The van der Waals surface area contributed by atoms with E-state index in [1.165, 1.54) is 0 Å². The first-order valence-corrected chi connectivity index (χ1v) is 7.86. The zero-order chi connectivity index (χ0) is 17.4. The van der Waals surface area contributed by atoms with Gasteiger partial charge in [-0.25, -0.2) is 9.78 Å². The molecular weight excluding hydrogens is 314 g/mol. The van der Waals surface area contributed by atoms with Gasteiger partial charge in [0.1, 0.15) is 5.82 Å². The lowest BCUT2D eigenvalue weighted by Crippen LogP contribution is -1.99. The minimum absolute atomic E-state index is 0.218. The molecule has 0 atom stereocenters. The summed E-state index contributed by atoms with van der Waals surface area (Å²) in [7, 11) is 0. The maximum absolute atomic E-state index is 11.3. The Morgan fingerprint density at radius 3 is 2.72 bits per heavy atom. The summed E-state index contributed by atoms with van der Waals surface area (Å²) < 4.78 is 0. The van der Waals surface area contributed by atoms with Gasteiger partial charge >= 0.3 is 5.97 Å². The molecule has 0 aliphatic heterocycles. The standard InChI is InChI=1S/C20H15N3O2/c1-12-3-2-4-14(9-12)22-19-17-11-21-8-7-15(17)16-6-5-13(20(24)25)10-18(16)23-19/h2-11H,1H3,(H,22,23)(H,24,25). The number of benzene rings is 2. The Kier molecular flexibility index (Phi) is 3.54. The fraction of sp³-hybridized carbons (Fsp3) is 0.0500. The Labute approximate surface area is 144 Å². The number of nitrogens with zero attached hydrogens (tertiary/aromatic N) is 2. The van der Waals surface area contributed by atoms with E-state index in [1.807, 2.05) is 37.3 Å². The number of fused-ring (bicyclic) bond motifs is 3. The van der Waals surface area contributed by atoms with Gasteiger partial charge in [0.15, 0.2) is 0 Å². The Bertz CT molecular complexity index is 1120. The molecular formula is C20H15N3O2. The molecule has 0 spiro atoms. The molecule has 0 aliphatic rings. The highest BCUT2D eigenvalue weighted by Gasteiger charge is 2.11. The van der Waals surface area contributed by atoms with Crippen molar-refractivity contribution < 1.29 is 9.90 Å². The second kappa shape index (κ2) is 5.87. The van der Waals surface area contributed by atoms with Crippen molar-refractivity contribution in [2.24, 2.45) is 0 Å². The van der Waals surface area contributed by atoms with Crippen LogP contribution in [0, 0.1) is 6.92 Å². The second-order valence-electron chi connectivity index (χ2n) is 5.91. The zero-order valence-corrected chi connectivity index (χ0v) is 13.5. The Morgan fingerprint density at radius 2 is 1.92 bits per heavy atom. The van der Waals surface area contributed by atoms with Crippen LogP contribution in [0.3, 0.4) is 0 Å². The Hall–Kier alpha value is -3.47. The minimum Gasteiger partial charge on any atom is -0.478 e. The van der Waals surface area contributed by atoms with Crippen molar-refractivity contribution >= 4 is 39.1 Å². The van der Waals surface area contributed by atoms with Crippen molar-refractivity contribution in [1.82, 2.24) is 9.97 Å². The number of hydrogen-bond donors (Lipinski definition) is 2. The van der Waals surface area contributed by atoms with Crippen LogP contribution in [0.15, 0.2) is 60.9 Å². The summed E-state index contributed by atoms with van der Waals surface area (Å²) in [6.07, 6.45) is 3.49. The molecule has 2 aromatic heterocycles. The number of carboxylic acid groups (broad SMARTS) is 1. The lowest BCUT2D eigenvalue weighted by atomic mass is 10.1. The third-order valence-electron chi connectivity index (χ3n) is 4.12. The highest BCUT2D eigenvalue weighted by atomic mass is 16.4. The Balaban J connectivity index is 1.96. The van der Waals surface area contributed by atoms with Crippen molar-refractivity contribution in [3.05, 3.63) is 72.1 Å². The van der Waals surface area contributed by atoms with E-state index in [4.69, 9.17) is 0 Å². The van der Waals surface area contributed by atoms with Crippen LogP contribution in [0.4, 0.5) is 11.5 Å². The van der Waals surface area contributed by atoms with E-state index in [2.05, 4.69) is 15.3 Å². The second-order valence-corrected chi connectivity index (χ2v) is 5.91. The summed E-state index contributed by atoms with van der Waals surface area (Å²) in [5.74, 6) is -0.310. The van der Waals surface area contributed by atoms with Crippen LogP contribution < -0.4 is 5.32 Å². The first kappa shape index (κ1) is 15.1. The van der Waals surface area contributed by atoms with Gasteiger partial charge in [-0.05, 0) is 48.2 Å². The first-order chi connectivity index (χ1) is 12.1. The van der Waals surface area contributed by atoms with E-state index in [0.717, 1.165) is 27.4 Å². The van der Waals surface area contributed by atoms with Gasteiger partial charge in [-0.3, -0.25) is 4.98 Å². The van der Waals surface area contributed by atoms with Crippen molar-refractivity contribution in [1.29, 1.82) is 0 Å². The molecule has 0 aliphatic carbocycles. The summed E-state index contributed by atoms with van der Waals surface area (Å²) in [5, 5.41) is 15.3. The molecule has 2 aromatic carbocycles. The first-order valence-electron chi connectivity index (χ1n) is 7.86. The van der Waals surface area contributed by atoms with Gasteiger partial charge < -0.3 is 10.4 Å². The molecule has 25 heavy (non-hydrogen) atoms. The van der Waals surface area contributed by atoms with Crippen LogP contribution in [0.25, 0.3) is 21.7 Å². The van der Waals surface area contributed by atoms with Crippen LogP contribution in [0.5, 0.6) is 0 Å². The predicted octanol–water partition coefficient (Wildman–Crippen LogP) is 4.53. The maximum atomic E-state index is 11.3. The topological polar surface area (TPSA) is 75.1 Å². The van der Waals surface area contributed by atoms with Crippen LogP contribution >= 0.6 is 0 Å². The van der Waals surface area contributed by atoms with E-state index in [0.29, 0.717) is 11.3 Å². The highest BCUT2D eigenvalue weighted by Crippen LogP contribution is 2.31. The van der Waals surface area contributed by atoms with Gasteiger partial charge in [0.2, 0.25) is 0 Å². The van der Waals surface area contributed by atoms with E-state index < -0.39 is 5.97 Å². The minimum atomic E-state index is -0.966. The molecule has 122 valence electrons. The third kappa shape index (κ3) is 2.76. The molecule has 5 heteroatoms. The number of carbonyl (C=O) groups is 1. The van der Waals surface area contributed by atoms with E-state index in [-0.39, 0.29) is 5.56 Å². The summed E-state index contributed by atoms with van der Waals surface area (Å²) >= 11 is 0. The summed E-state index contributed by atoms with van der Waals surface area (Å²) in [5.41, 5.74) is 2.91. The zero-order valence-electron chi connectivity index (χ0n) is 13.5. The molecule has 2 N–H and O–H groups in total. The molecule has 0 unspecified atom stereocenters. The van der Waals surface area contributed by atoms with Crippen LogP contribution in [0.2, 0.25) is 0 Å². The average Bonchev–Trinajstić information content (AvgIpc) is 2.61. The van der Waals surface area contributed by atoms with Crippen molar-refractivity contribution in [3.63, 3.8) is 0 Å². The molecule has 0 radical (unpaired) electrons. The lowest BCUT2D eigenvalue weighted by Gasteiger charge is -2.12. The van der Waals surface area contributed by atoms with E-state index in [1.54, 1.807) is 30.6 Å². The normalized spacial score (nSPS) is 10.9. The van der Waals surface area contributed by atoms with E-state index >= 15 is 0 Å². The van der Waals surface area contributed by atoms with Crippen LogP contribution in [-0.4, -0.2) is 21.0 Å².